The summed E-state index contributed by atoms with van der Waals surface area (Å²) in [7, 11) is 0. The van der Waals surface area contributed by atoms with E-state index in [0.717, 1.165) is 11.1 Å². The molecule has 1 heterocycles. The van der Waals surface area contributed by atoms with Gasteiger partial charge in [-0.05, 0) is 49.2 Å². The molecule has 2 aromatic carbocycles. The van der Waals surface area contributed by atoms with Gasteiger partial charge in [0.1, 0.15) is 23.1 Å². The normalized spacial score (nSPS) is 10.9. The summed E-state index contributed by atoms with van der Waals surface area (Å²) in [5.41, 5.74) is 4.66. The van der Waals surface area contributed by atoms with Crippen molar-refractivity contribution in [2.24, 2.45) is 5.10 Å². The monoisotopic (exact) mass is 366 g/mol. The summed E-state index contributed by atoms with van der Waals surface area (Å²) in [6.07, 6.45) is 1.35. The smallest absolute Gasteiger partial charge is 0.277 e. The number of hydrogen-bond acceptors (Lipinski definition) is 4. The zero-order valence-corrected chi connectivity index (χ0v) is 15.0. The maximum absolute atomic E-state index is 13.8. The molecule has 0 fully saturated rings. The van der Waals surface area contributed by atoms with Gasteiger partial charge in [0.15, 0.2) is 6.61 Å². The zero-order chi connectivity index (χ0) is 19.2. The molecule has 5 nitrogen and oxygen atoms in total. The van der Waals surface area contributed by atoms with Crippen molar-refractivity contribution in [3.05, 3.63) is 77.3 Å². The lowest BCUT2D eigenvalue weighted by atomic mass is 10.1. The number of rotatable bonds is 6. The molecule has 1 amide bonds. The standard InChI is InChI=1S/C21H19FN2O3/c1-14-6-5-7-15(2)21(14)26-13-20(25)24-23-12-16-10-11-19(27-16)17-8-3-4-9-18(17)22/h3-12H,13H2,1-2H3,(H,24,25). The van der Waals surface area contributed by atoms with Gasteiger partial charge in [0.05, 0.1) is 11.8 Å². The number of furan rings is 1. The van der Waals surface area contributed by atoms with E-state index in [2.05, 4.69) is 10.5 Å². The number of aryl methyl sites for hydroxylation is 2. The number of ether oxygens (including phenoxy) is 1. The largest absolute Gasteiger partial charge is 0.483 e. The molecule has 0 aliphatic heterocycles. The van der Waals surface area contributed by atoms with Gasteiger partial charge < -0.3 is 9.15 Å². The summed E-state index contributed by atoms with van der Waals surface area (Å²) in [6.45, 7) is 3.69. The fourth-order valence-corrected chi connectivity index (χ4v) is 2.59. The van der Waals surface area contributed by atoms with Crippen LogP contribution in [-0.2, 0) is 4.79 Å². The zero-order valence-electron chi connectivity index (χ0n) is 15.0. The average Bonchev–Trinajstić information content (AvgIpc) is 3.10. The first kappa shape index (κ1) is 18.4. The van der Waals surface area contributed by atoms with Gasteiger partial charge in [0, 0.05) is 0 Å². The van der Waals surface area contributed by atoms with E-state index in [1.165, 1.54) is 12.3 Å². The molecule has 1 N–H and O–H groups in total. The molecule has 0 bridgehead atoms. The highest BCUT2D eigenvalue weighted by molar-refractivity contribution is 5.81. The number of carbonyl (C=O) groups excluding carboxylic acids is 1. The van der Waals surface area contributed by atoms with E-state index in [1.807, 2.05) is 32.0 Å². The van der Waals surface area contributed by atoms with Crippen LogP contribution in [0.25, 0.3) is 11.3 Å². The van der Waals surface area contributed by atoms with Crippen molar-refractivity contribution in [2.45, 2.75) is 13.8 Å². The van der Waals surface area contributed by atoms with E-state index >= 15 is 0 Å². The molecule has 6 heteroatoms. The Morgan fingerprint density at radius 3 is 2.59 bits per heavy atom. The number of hydrogen-bond donors (Lipinski definition) is 1. The maximum Gasteiger partial charge on any atom is 0.277 e. The SMILES string of the molecule is Cc1cccc(C)c1OCC(=O)NN=Cc1ccc(-c2ccccc2F)o1. The Kier molecular flexibility index (Phi) is 5.66. The van der Waals surface area contributed by atoms with E-state index in [0.29, 0.717) is 22.8 Å². The molecule has 0 unspecified atom stereocenters. The van der Waals surface area contributed by atoms with Crippen LogP contribution < -0.4 is 10.2 Å². The number of nitrogens with zero attached hydrogens (tertiary/aromatic N) is 1. The van der Waals surface area contributed by atoms with Crippen LogP contribution in [0, 0.1) is 19.7 Å². The minimum Gasteiger partial charge on any atom is -0.483 e. The summed E-state index contributed by atoms with van der Waals surface area (Å²) in [6, 6.07) is 15.4. The molecule has 138 valence electrons. The number of benzene rings is 2. The van der Waals surface area contributed by atoms with Crippen molar-refractivity contribution >= 4 is 12.1 Å². The van der Waals surface area contributed by atoms with Crippen LogP contribution in [0.4, 0.5) is 4.39 Å². The summed E-state index contributed by atoms with van der Waals surface area (Å²) < 4.78 is 24.8. The number of hydrazone groups is 1. The lowest BCUT2D eigenvalue weighted by Crippen LogP contribution is -2.24. The minimum absolute atomic E-state index is 0.151. The number of nitrogens with one attached hydrogen (secondary N) is 1. The van der Waals surface area contributed by atoms with Crippen LogP contribution >= 0.6 is 0 Å². The van der Waals surface area contributed by atoms with Crippen LogP contribution in [0.5, 0.6) is 5.75 Å². The van der Waals surface area contributed by atoms with Crippen molar-refractivity contribution in [3.63, 3.8) is 0 Å². The molecule has 0 saturated heterocycles. The van der Waals surface area contributed by atoms with Crippen LogP contribution in [0.2, 0.25) is 0 Å². The highest BCUT2D eigenvalue weighted by atomic mass is 19.1. The molecule has 27 heavy (non-hydrogen) atoms. The van der Waals surface area contributed by atoms with E-state index in [9.17, 15) is 9.18 Å². The molecular formula is C21H19FN2O3. The van der Waals surface area contributed by atoms with Crippen LogP contribution in [0.1, 0.15) is 16.9 Å². The third kappa shape index (κ3) is 4.61. The van der Waals surface area contributed by atoms with E-state index in [-0.39, 0.29) is 12.4 Å². The summed E-state index contributed by atoms with van der Waals surface area (Å²) in [4.78, 5) is 11.9. The second-order valence-corrected chi connectivity index (χ2v) is 5.98. The highest BCUT2D eigenvalue weighted by Gasteiger charge is 2.09. The van der Waals surface area contributed by atoms with Gasteiger partial charge in [0.2, 0.25) is 0 Å². The maximum atomic E-state index is 13.8. The number of amides is 1. The Morgan fingerprint density at radius 2 is 1.85 bits per heavy atom. The topological polar surface area (TPSA) is 63.8 Å². The van der Waals surface area contributed by atoms with E-state index < -0.39 is 5.91 Å². The van der Waals surface area contributed by atoms with Crippen LogP contribution in [0.3, 0.4) is 0 Å². The Hall–Kier alpha value is -3.41. The molecule has 1 aromatic heterocycles. The first-order valence-electron chi connectivity index (χ1n) is 8.40. The number of carbonyl (C=O) groups is 1. The van der Waals surface area contributed by atoms with Crippen molar-refractivity contribution in [3.8, 4) is 17.1 Å². The van der Waals surface area contributed by atoms with E-state index in [1.54, 1.807) is 30.3 Å². The summed E-state index contributed by atoms with van der Waals surface area (Å²) >= 11 is 0. The lowest BCUT2D eigenvalue weighted by molar-refractivity contribution is -0.123. The quantitative estimate of drug-likeness (QED) is 0.524. The van der Waals surface area contributed by atoms with Crippen molar-refractivity contribution < 1.29 is 18.3 Å². The second-order valence-electron chi connectivity index (χ2n) is 5.98. The van der Waals surface area contributed by atoms with E-state index in [4.69, 9.17) is 9.15 Å². The van der Waals surface area contributed by atoms with Crippen molar-refractivity contribution in [2.75, 3.05) is 6.61 Å². The summed E-state index contributed by atoms with van der Waals surface area (Å²) in [5, 5.41) is 3.84. The predicted octanol–water partition coefficient (Wildman–Crippen LogP) is 4.23. The molecule has 0 aliphatic rings. The average molecular weight is 366 g/mol. The first-order valence-corrected chi connectivity index (χ1v) is 8.40. The predicted molar refractivity (Wildman–Crippen MR) is 101 cm³/mol. The molecule has 0 aliphatic carbocycles. The first-order chi connectivity index (χ1) is 13.0. The highest BCUT2D eigenvalue weighted by Crippen LogP contribution is 2.24. The lowest BCUT2D eigenvalue weighted by Gasteiger charge is -2.10. The van der Waals surface area contributed by atoms with Gasteiger partial charge >= 0.3 is 0 Å². The van der Waals surface area contributed by atoms with Crippen molar-refractivity contribution in [1.82, 2.24) is 5.43 Å². The molecule has 3 aromatic rings. The van der Waals surface area contributed by atoms with Crippen LogP contribution in [-0.4, -0.2) is 18.7 Å². The third-order valence-corrected chi connectivity index (χ3v) is 3.90. The number of halogens is 1. The fourth-order valence-electron chi connectivity index (χ4n) is 2.59. The van der Waals surface area contributed by atoms with Gasteiger partial charge in [-0.15, -0.1) is 0 Å². The molecule has 0 spiro atoms. The number of para-hydroxylation sites is 1. The fraction of sp³-hybridized carbons (Fsp3) is 0.143. The van der Waals surface area contributed by atoms with Crippen molar-refractivity contribution in [1.29, 1.82) is 0 Å². The molecule has 0 radical (unpaired) electrons. The molecular weight excluding hydrogens is 347 g/mol. The molecule has 0 saturated carbocycles. The Balaban J connectivity index is 1.55. The minimum atomic E-state index is -0.394. The Labute approximate surface area is 156 Å². The molecule has 0 atom stereocenters. The van der Waals surface area contributed by atoms with Gasteiger partial charge in [-0.3, -0.25) is 4.79 Å². The van der Waals surface area contributed by atoms with Crippen LogP contribution in [0.15, 0.2) is 64.1 Å². The Morgan fingerprint density at radius 1 is 1.11 bits per heavy atom. The summed E-state index contributed by atoms with van der Waals surface area (Å²) in [5.74, 6) is 0.711. The second kappa shape index (κ2) is 8.31. The van der Waals surface area contributed by atoms with Gasteiger partial charge in [-0.1, -0.05) is 30.3 Å². The third-order valence-electron chi connectivity index (χ3n) is 3.90. The molecule has 3 rings (SSSR count). The van der Waals surface area contributed by atoms with Gasteiger partial charge in [-0.2, -0.15) is 5.10 Å². The Bertz CT molecular complexity index is 959. The van der Waals surface area contributed by atoms with Gasteiger partial charge in [0.25, 0.3) is 5.91 Å². The van der Waals surface area contributed by atoms with Gasteiger partial charge in [-0.25, -0.2) is 9.82 Å².